The van der Waals surface area contributed by atoms with Crippen molar-refractivity contribution in [3.63, 3.8) is 0 Å². The minimum atomic E-state index is -0.146. The van der Waals surface area contributed by atoms with Crippen LogP contribution in [0.1, 0.15) is 31.4 Å². The summed E-state index contributed by atoms with van der Waals surface area (Å²) in [5, 5.41) is 4.09. The average Bonchev–Trinajstić information content (AvgIpc) is 2.60. The van der Waals surface area contributed by atoms with Gasteiger partial charge in [-0.25, -0.2) is 9.38 Å². The van der Waals surface area contributed by atoms with Crippen molar-refractivity contribution in [2.45, 2.75) is 38.6 Å². The van der Waals surface area contributed by atoms with Gasteiger partial charge in [0.1, 0.15) is 5.82 Å². The van der Waals surface area contributed by atoms with Crippen molar-refractivity contribution >= 4 is 17.7 Å². The summed E-state index contributed by atoms with van der Waals surface area (Å²) in [5.41, 5.74) is 1.77. The zero-order chi connectivity index (χ0) is 18.2. The van der Waals surface area contributed by atoms with E-state index in [1.807, 2.05) is 31.1 Å². The molecule has 140 valence electrons. The number of guanidine groups is 1. The summed E-state index contributed by atoms with van der Waals surface area (Å²) < 4.78 is 13.9. The molecule has 1 unspecified atom stereocenters. The second-order valence-electron chi connectivity index (χ2n) is 6.68. The molecule has 1 N–H and O–H groups in total. The van der Waals surface area contributed by atoms with Crippen LogP contribution in [0.4, 0.5) is 4.39 Å². The summed E-state index contributed by atoms with van der Waals surface area (Å²) in [6, 6.07) is 5.33. The van der Waals surface area contributed by atoms with Gasteiger partial charge >= 0.3 is 0 Å². The first kappa shape index (κ1) is 20.0. The van der Waals surface area contributed by atoms with Gasteiger partial charge < -0.3 is 15.1 Å². The van der Waals surface area contributed by atoms with Gasteiger partial charge in [0.15, 0.2) is 5.96 Å². The Morgan fingerprint density at radius 3 is 2.88 bits per heavy atom. The third-order valence-electron chi connectivity index (χ3n) is 4.24. The van der Waals surface area contributed by atoms with E-state index in [0.29, 0.717) is 18.3 Å². The molecular formula is C19H31FN4S. The highest BCUT2D eigenvalue weighted by atomic mass is 32.2. The third-order valence-corrected chi connectivity index (χ3v) is 5.61. The number of nitrogens with one attached hydrogen (secondary N) is 1. The van der Waals surface area contributed by atoms with Crippen molar-refractivity contribution < 1.29 is 4.39 Å². The molecule has 0 aromatic heterocycles. The topological polar surface area (TPSA) is 30.9 Å². The molecule has 1 saturated heterocycles. The number of nitrogens with zero attached hydrogens (tertiary/aromatic N) is 3. The van der Waals surface area contributed by atoms with Gasteiger partial charge in [-0.15, -0.1) is 0 Å². The maximum Gasteiger partial charge on any atom is 0.194 e. The Kier molecular flexibility index (Phi) is 8.03. The zero-order valence-electron chi connectivity index (χ0n) is 15.9. The second-order valence-corrected chi connectivity index (χ2v) is 8.09. The first-order valence-corrected chi connectivity index (χ1v) is 10.1. The molecule has 0 aliphatic carbocycles. The van der Waals surface area contributed by atoms with Crippen LogP contribution in [0.5, 0.6) is 0 Å². The van der Waals surface area contributed by atoms with E-state index in [4.69, 9.17) is 4.99 Å². The number of aliphatic imine (C=N–C) groups is 1. The summed E-state index contributed by atoms with van der Waals surface area (Å²) in [4.78, 5) is 9.15. The van der Waals surface area contributed by atoms with Crippen LogP contribution < -0.4 is 5.32 Å². The van der Waals surface area contributed by atoms with Gasteiger partial charge in [0.05, 0.1) is 6.54 Å². The maximum atomic E-state index is 13.9. The van der Waals surface area contributed by atoms with Gasteiger partial charge in [-0.3, -0.25) is 0 Å². The van der Waals surface area contributed by atoms with Crippen LogP contribution in [0, 0.1) is 5.82 Å². The summed E-state index contributed by atoms with van der Waals surface area (Å²) in [6.45, 7) is 8.45. The summed E-state index contributed by atoms with van der Waals surface area (Å²) in [5.74, 6) is 1.97. The van der Waals surface area contributed by atoms with Gasteiger partial charge in [-0.2, -0.15) is 11.8 Å². The predicted octanol–water partition coefficient (Wildman–Crippen LogP) is 3.18. The van der Waals surface area contributed by atoms with Gasteiger partial charge in [-0.1, -0.05) is 13.0 Å². The molecule has 0 radical (unpaired) electrons. The molecule has 0 bridgehead atoms. The van der Waals surface area contributed by atoms with Crippen LogP contribution in [-0.4, -0.2) is 60.5 Å². The molecular weight excluding hydrogens is 335 g/mol. The molecule has 0 amide bonds. The van der Waals surface area contributed by atoms with E-state index < -0.39 is 0 Å². The fourth-order valence-corrected chi connectivity index (χ4v) is 4.12. The second kappa shape index (κ2) is 10.0. The molecule has 1 aliphatic heterocycles. The molecule has 1 aliphatic rings. The minimum Gasteiger partial charge on any atom is -0.357 e. The Balaban J connectivity index is 2.10. The lowest BCUT2D eigenvalue weighted by Gasteiger charge is -2.34. The molecule has 1 heterocycles. The van der Waals surface area contributed by atoms with Crippen molar-refractivity contribution in [2.75, 3.05) is 39.5 Å². The lowest BCUT2D eigenvalue weighted by molar-refractivity contribution is 0.392. The Morgan fingerprint density at radius 1 is 1.40 bits per heavy atom. The Bertz CT molecular complexity index is 577. The number of hydrogen-bond acceptors (Lipinski definition) is 3. The molecule has 2 rings (SSSR count). The number of rotatable bonds is 6. The van der Waals surface area contributed by atoms with Crippen LogP contribution in [0.3, 0.4) is 0 Å². The molecule has 25 heavy (non-hydrogen) atoms. The molecule has 1 fully saturated rings. The highest BCUT2D eigenvalue weighted by Crippen LogP contribution is 2.21. The third kappa shape index (κ3) is 6.19. The fourth-order valence-electron chi connectivity index (χ4n) is 2.94. The Hall–Kier alpha value is -1.27. The average molecular weight is 367 g/mol. The van der Waals surface area contributed by atoms with E-state index >= 15 is 0 Å². The highest BCUT2D eigenvalue weighted by molar-refractivity contribution is 8.00. The minimum absolute atomic E-state index is 0.146. The lowest BCUT2D eigenvalue weighted by Crippen LogP contribution is -2.48. The number of thioether (sulfide) groups is 1. The summed E-state index contributed by atoms with van der Waals surface area (Å²) >= 11 is 2.06. The molecule has 0 saturated carbocycles. The molecule has 4 nitrogen and oxygen atoms in total. The van der Waals surface area contributed by atoms with Gasteiger partial charge in [-0.05, 0) is 45.1 Å². The van der Waals surface area contributed by atoms with E-state index in [0.717, 1.165) is 42.5 Å². The normalized spacial score (nSPS) is 18.7. The Labute approximate surface area is 155 Å². The standard InChI is InChI=1S/C19H31FN4S/c1-5-17-14-24(9-10-25-17)19(21-6-2)22-12-15-7-8-18(20)16(11-15)13-23(3)4/h7-8,11,17H,5-6,9-10,12-14H2,1-4H3,(H,21,22). The van der Waals surface area contributed by atoms with Crippen LogP contribution in [0.2, 0.25) is 0 Å². The van der Waals surface area contributed by atoms with Crippen molar-refractivity contribution in [2.24, 2.45) is 4.99 Å². The molecule has 6 heteroatoms. The first-order chi connectivity index (χ1) is 12.0. The quantitative estimate of drug-likeness (QED) is 0.619. The maximum absolute atomic E-state index is 13.9. The van der Waals surface area contributed by atoms with Crippen LogP contribution in [0.15, 0.2) is 23.2 Å². The van der Waals surface area contributed by atoms with E-state index in [1.54, 1.807) is 6.07 Å². The monoisotopic (exact) mass is 366 g/mol. The van der Waals surface area contributed by atoms with Crippen molar-refractivity contribution in [1.29, 1.82) is 0 Å². The SMILES string of the molecule is CCNC(=NCc1ccc(F)c(CN(C)C)c1)N1CCSC(CC)C1. The molecule has 1 aromatic carbocycles. The summed E-state index contributed by atoms with van der Waals surface area (Å²) in [7, 11) is 3.90. The molecule has 0 spiro atoms. The largest absolute Gasteiger partial charge is 0.357 e. The van der Waals surface area contributed by atoms with Crippen molar-refractivity contribution in [3.8, 4) is 0 Å². The van der Waals surface area contributed by atoms with E-state index in [1.165, 1.54) is 6.42 Å². The Morgan fingerprint density at radius 2 is 2.20 bits per heavy atom. The molecule has 1 atom stereocenters. The van der Waals surface area contributed by atoms with Crippen molar-refractivity contribution in [1.82, 2.24) is 15.1 Å². The van der Waals surface area contributed by atoms with E-state index in [9.17, 15) is 4.39 Å². The number of benzene rings is 1. The summed E-state index contributed by atoms with van der Waals surface area (Å²) in [6.07, 6.45) is 1.19. The van der Waals surface area contributed by atoms with E-state index in [2.05, 4.69) is 35.8 Å². The van der Waals surface area contributed by atoms with Crippen LogP contribution in [-0.2, 0) is 13.1 Å². The van der Waals surface area contributed by atoms with Crippen LogP contribution in [0.25, 0.3) is 0 Å². The van der Waals surface area contributed by atoms with Crippen LogP contribution >= 0.6 is 11.8 Å². The number of hydrogen-bond donors (Lipinski definition) is 1. The fraction of sp³-hybridized carbons (Fsp3) is 0.632. The van der Waals surface area contributed by atoms with Gasteiger partial charge in [0.25, 0.3) is 0 Å². The number of halogens is 1. The van der Waals surface area contributed by atoms with Gasteiger partial charge in [0.2, 0.25) is 0 Å². The zero-order valence-corrected chi connectivity index (χ0v) is 16.7. The van der Waals surface area contributed by atoms with E-state index in [-0.39, 0.29) is 5.82 Å². The lowest BCUT2D eigenvalue weighted by atomic mass is 10.1. The highest BCUT2D eigenvalue weighted by Gasteiger charge is 2.21. The van der Waals surface area contributed by atoms with Gasteiger partial charge in [0, 0.05) is 42.7 Å². The smallest absolute Gasteiger partial charge is 0.194 e. The molecule has 1 aromatic rings. The predicted molar refractivity (Wildman–Crippen MR) is 107 cm³/mol. The van der Waals surface area contributed by atoms with Crippen molar-refractivity contribution in [3.05, 3.63) is 35.1 Å². The first-order valence-electron chi connectivity index (χ1n) is 9.10.